The van der Waals surface area contributed by atoms with Crippen LogP contribution in [0.15, 0.2) is 55.8 Å². The second kappa shape index (κ2) is 9.92. The van der Waals surface area contributed by atoms with E-state index in [-0.39, 0.29) is 0 Å². The molecule has 0 N–H and O–H groups in total. The lowest BCUT2D eigenvalue weighted by atomic mass is 10.1. The van der Waals surface area contributed by atoms with Crippen LogP contribution < -0.4 is 4.74 Å². The Morgan fingerprint density at radius 2 is 2.07 bits per heavy atom. The van der Waals surface area contributed by atoms with Crippen LogP contribution >= 0.6 is 27.7 Å². The van der Waals surface area contributed by atoms with E-state index in [1.54, 1.807) is 12.5 Å². The van der Waals surface area contributed by atoms with Crippen molar-refractivity contribution in [3.63, 3.8) is 0 Å². The van der Waals surface area contributed by atoms with Crippen molar-refractivity contribution in [3.8, 4) is 5.75 Å². The van der Waals surface area contributed by atoms with Crippen LogP contribution in [0.4, 0.5) is 0 Å². The Balaban J connectivity index is 1.90. The largest absolute Gasteiger partial charge is 0.611 e. The zero-order valence-electron chi connectivity index (χ0n) is 16.2. The molecule has 0 bridgehead atoms. The summed E-state index contributed by atoms with van der Waals surface area (Å²) in [5, 5.41) is 1.04. The predicted molar refractivity (Wildman–Crippen MR) is 124 cm³/mol. The molecule has 0 aliphatic heterocycles. The number of halogens is 1. The number of thioether (sulfide) groups is 1. The number of benzene rings is 2. The van der Waals surface area contributed by atoms with Crippen molar-refractivity contribution < 1.29 is 13.7 Å². The Bertz CT molecular complexity index is 979. The van der Waals surface area contributed by atoms with Crippen molar-refractivity contribution in [2.24, 2.45) is 0 Å². The number of hydrogen-bond donors (Lipinski definition) is 0. The first-order valence-electron chi connectivity index (χ1n) is 9.02. The highest BCUT2D eigenvalue weighted by molar-refractivity contribution is 9.10. The summed E-state index contributed by atoms with van der Waals surface area (Å²) in [6, 6.07) is 12.3. The van der Waals surface area contributed by atoms with Crippen LogP contribution in [0.1, 0.15) is 30.0 Å². The average Bonchev–Trinajstić information content (AvgIpc) is 3.14. The lowest BCUT2D eigenvalue weighted by Gasteiger charge is -2.13. The highest BCUT2D eigenvalue weighted by Crippen LogP contribution is 2.31. The fraction of sp³-hybridized carbons (Fsp3) is 0.273. The van der Waals surface area contributed by atoms with Gasteiger partial charge in [-0.25, -0.2) is 0 Å². The zero-order valence-corrected chi connectivity index (χ0v) is 19.4. The summed E-state index contributed by atoms with van der Waals surface area (Å²) in [7, 11) is 0. The van der Waals surface area contributed by atoms with Crippen molar-refractivity contribution in [3.05, 3.63) is 68.1 Å². The van der Waals surface area contributed by atoms with E-state index in [9.17, 15) is 4.55 Å². The van der Waals surface area contributed by atoms with Gasteiger partial charge in [-0.15, -0.1) is 0 Å². The van der Waals surface area contributed by atoms with Crippen LogP contribution in [0.25, 0.3) is 17.0 Å². The molecule has 3 rings (SSSR count). The van der Waals surface area contributed by atoms with Gasteiger partial charge in [0.15, 0.2) is 4.24 Å². The van der Waals surface area contributed by atoms with Gasteiger partial charge >= 0.3 is 0 Å². The standard InChI is InChI=1S/C22H23BrO3S2/c1-4-5-15-6-7-17(13-21(27-2)28(3)24)20(12-15)26-14-16-10-18-8-9-25-22(18)19(23)11-16/h6-13H,4-5,14H2,1-3H3. The van der Waals surface area contributed by atoms with E-state index >= 15 is 0 Å². The SMILES string of the molecule is CCCc1ccc(C=C(SC)[S+](C)[O-])c(OCc2cc(Br)c3occc3c2)c1. The monoisotopic (exact) mass is 478 g/mol. The van der Waals surface area contributed by atoms with E-state index < -0.39 is 11.2 Å². The van der Waals surface area contributed by atoms with Crippen molar-refractivity contribution in [1.82, 2.24) is 0 Å². The number of rotatable bonds is 8. The second-order valence-electron chi connectivity index (χ2n) is 6.45. The first-order valence-corrected chi connectivity index (χ1v) is 12.6. The van der Waals surface area contributed by atoms with Crippen molar-refractivity contribution in [1.29, 1.82) is 0 Å². The molecule has 6 heteroatoms. The molecule has 0 aliphatic carbocycles. The highest BCUT2D eigenvalue weighted by Gasteiger charge is 2.12. The Kier molecular flexibility index (Phi) is 7.57. The molecule has 0 amide bonds. The molecule has 1 heterocycles. The fourth-order valence-electron chi connectivity index (χ4n) is 2.99. The van der Waals surface area contributed by atoms with Crippen LogP contribution in [-0.2, 0) is 24.2 Å². The lowest BCUT2D eigenvalue weighted by molar-refractivity contribution is 0.305. The normalized spacial score (nSPS) is 13.1. The van der Waals surface area contributed by atoms with E-state index in [1.807, 2.05) is 24.5 Å². The van der Waals surface area contributed by atoms with Crippen LogP contribution in [0.5, 0.6) is 5.75 Å². The molecule has 148 valence electrons. The summed E-state index contributed by atoms with van der Waals surface area (Å²) >= 11 is 4.04. The fourth-order valence-corrected chi connectivity index (χ4v) is 5.09. The molecule has 28 heavy (non-hydrogen) atoms. The average molecular weight is 479 g/mol. The summed E-state index contributed by atoms with van der Waals surface area (Å²) in [6.07, 6.45) is 9.37. The third kappa shape index (κ3) is 5.17. The number of aryl methyl sites for hydroxylation is 1. The van der Waals surface area contributed by atoms with Crippen LogP contribution in [-0.4, -0.2) is 17.1 Å². The molecular formula is C22H23BrO3S2. The lowest BCUT2D eigenvalue weighted by Crippen LogP contribution is -2.00. The van der Waals surface area contributed by atoms with Gasteiger partial charge in [0, 0.05) is 17.0 Å². The summed E-state index contributed by atoms with van der Waals surface area (Å²) in [5.74, 6) is 0.811. The minimum atomic E-state index is -1.02. The van der Waals surface area contributed by atoms with Crippen molar-refractivity contribution in [2.45, 2.75) is 26.4 Å². The van der Waals surface area contributed by atoms with Gasteiger partial charge in [0.1, 0.15) is 24.2 Å². The van der Waals surface area contributed by atoms with Gasteiger partial charge < -0.3 is 13.7 Å². The maximum Gasteiger partial charge on any atom is 0.186 e. The minimum Gasteiger partial charge on any atom is -0.611 e. The second-order valence-corrected chi connectivity index (χ2v) is 9.76. The van der Waals surface area contributed by atoms with Crippen molar-refractivity contribution >= 4 is 55.9 Å². The number of ether oxygens (including phenoxy) is 1. The van der Waals surface area contributed by atoms with Gasteiger partial charge in [0.05, 0.1) is 10.7 Å². The molecule has 0 saturated carbocycles. The van der Waals surface area contributed by atoms with Gasteiger partial charge in [-0.2, -0.15) is 0 Å². The van der Waals surface area contributed by atoms with Crippen molar-refractivity contribution in [2.75, 3.05) is 12.5 Å². The molecule has 3 nitrogen and oxygen atoms in total. The predicted octanol–water partition coefficient (Wildman–Crippen LogP) is 6.77. The molecule has 0 aliphatic rings. The maximum atomic E-state index is 11.9. The molecule has 3 aromatic rings. The quantitative estimate of drug-likeness (QED) is 0.335. The van der Waals surface area contributed by atoms with Gasteiger partial charge in [-0.1, -0.05) is 37.2 Å². The minimum absolute atomic E-state index is 0.444. The Labute approximate surface area is 181 Å². The highest BCUT2D eigenvalue weighted by atomic mass is 79.9. The molecule has 0 radical (unpaired) electrons. The molecule has 2 aromatic carbocycles. The summed E-state index contributed by atoms with van der Waals surface area (Å²) in [4.78, 5) is 0. The third-order valence-electron chi connectivity index (χ3n) is 4.33. The first-order chi connectivity index (χ1) is 13.5. The van der Waals surface area contributed by atoms with Crippen LogP contribution in [0, 0.1) is 0 Å². The van der Waals surface area contributed by atoms with E-state index in [4.69, 9.17) is 9.15 Å². The maximum absolute atomic E-state index is 11.9. The van der Waals surface area contributed by atoms with E-state index in [0.717, 1.165) is 49.4 Å². The van der Waals surface area contributed by atoms with Gasteiger partial charge in [0.25, 0.3) is 0 Å². The van der Waals surface area contributed by atoms with E-state index in [2.05, 4.69) is 47.1 Å². The summed E-state index contributed by atoms with van der Waals surface area (Å²) in [5.41, 5.74) is 4.08. The van der Waals surface area contributed by atoms with Crippen LogP contribution in [0.3, 0.4) is 0 Å². The van der Waals surface area contributed by atoms with E-state index in [1.165, 1.54) is 17.3 Å². The number of hydrogen-bond acceptors (Lipinski definition) is 4. The van der Waals surface area contributed by atoms with Crippen LogP contribution in [0.2, 0.25) is 0 Å². The first kappa shape index (κ1) is 21.4. The van der Waals surface area contributed by atoms with Gasteiger partial charge in [-0.3, -0.25) is 0 Å². The summed E-state index contributed by atoms with van der Waals surface area (Å²) in [6.45, 7) is 2.61. The smallest absolute Gasteiger partial charge is 0.186 e. The molecule has 0 fully saturated rings. The Hall–Kier alpha value is -1.34. The third-order valence-corrected chi connectivity index (χ3v) is 7.33. The topological polar surface area (TPSA) is 45.4 Å². The Morgan fingerprint density at radius 1 is 1.25 bits per heavy atom. The number of furan rings is 1. The molecule has 0 spiro atoms. The molecule has 0 saturated heterocycles. The Morgan fingerprint density at radius 3 is 2.79 bits per heavy atom. The van der Waals surface area contributed by atoms with E-state index in [0.29, 0.717) is 6.61 Å². The zero-order chi connectivity index (χ0) is 20.1. The number of fused-ring (bicyclic) bond motifs is 1. The molecule has 1 aromatic heterocycles. The summed E-state index contributed by atoms with van der Waals surface area (Å²) < 4.78 is 25.4. The molecular weight excluding hydrogens is 456 g/mol. The molecule has 1 unspecified atom stereocenters. The molecule has 1 atom stereocenters. The van der Waals surface area contributed by atoms with Gasteiger partial charge in [-0.05, 0) is 75.2 Å². The van der Waals surface area contributed by atoms with Gasteiger partial charge in [0.2, 0.25) is 0 Å².